The topological polar surface area (TPSA) is 79.3 Å². The highest BCUT2D eigenvalue weighted by Crippen LogP contribution is 2.25. The molecule has 0 fully saturated rings. The highest BCUT2D eigenvalue weighted by atomic mass is 79.9. The lowest BCUT2D eigenvalue weighted by atomic mass is 10.2. The van der Waals surface area contributed by atoms with Gasteiger partial charge in [-0.2, -0.15) is 0 Å². The molecule has 0 saturated carbocycles. The van der Waals surface area contributed by atoms with E-state index in [2.05, 4.69) is 25.6 Å². The zero-order valence-corrected chi connectivity index (χ0v) is 14.0. The van der Waals surface area contributed by atoms with Crippen molar-refractivity contribution in [2.45, 2.75) is 25.3 Å². The van der Waals surface area contributed by atoms with E-state index in [1.165, 1.54) is 6.07 Å². The van der Waals surface area contributed by atoms with Crippen LogP contribution in [0.15, 0.2) is 39.7 Å². The van der Waals surface area contributed by atoms with E-state index in [-0.39, 0.29) is 17.3 Å². The molecule has 0 aliphatic rings. The molecule has 1 aromatic carbocycles. The minimum atomic E-state index is -3.78. The summed E-state index contributed by atoms with van der Waals surface area (Å²) in [6.07, 6.45) is 0. The Morgan fingerprint density at radius 3 is 2.57 bits per heavy atom. The second-order valence-corrected chi connectivity index (χ2v) is 7.20. The predicted molar refractivity (Wildman–Crippen MR) is 84.6 cm³/mol. The fraction of sp³-hybridized carbons (Fsp3) is 0.214. The number of halogens is 1. The number of aryl methyl sites for hydroxylation is 2. The third-order valence-corrected chi connectivity index (χ3v) is 5.15. The predicted octanol–water partition coefficient (Wildman–Crippen LogP) is 2.75. The van der Waals surface area contributed by atoms with Gasteiger partial charge in [0.15, 0.2) is 0 Å². The van der Waals surface area contributed by atoms with Gasteiger partial charge >= 0.3 is 0 Å². The smallest absolute Gasteiger partial charge is 0.264 e. The lowest BCUT2D eigenvalue weighted by Crippen LogP contribution is -2.15. The molecule has 0 atom stereocenters. The molecule has 21 heavy (non-hydrogen) atoms. The van der Waals surface area contributed by atoms with Gasteiger partial charge in [-0.1, -0.05) is 6.07 Å². The van der Waals surface area contributed by atoms with Crippen LogP contribution in [0.2, 0.25) is 0 Å². The average Bonchev–Trinajstić information content (AvgIpc) is 2.37. The van der Waals surface area contributed by atoms with Crippen LogP contribution in [-0.4, -0.2) is 18.5 Å². The summed E-state index contributed by atoms with van der Waals surface area (Å²) >= 11 is 3.22. The van der Waals surface area contributed by atoms with Gasteiger partial charge in [-0.05, 0) is 65.2 Å². The molecule has 0 aliphatic heterocycles. The molecule has 0 unspecified atom stereocenters. The molecule has 0 saturated heterocycles. The molecule has 0 amide bonds. The summed E-state index contributed by atoms with van der Waals surface area (Å²) in [7, 11) is -3.78. The first-order valence-corrected chi connectivity index (χ1v) is 8.47. The van der Waals surface area contributed by atoms with Crippen molar-refractivity contribution in [2.75, 3.05) is 4.72 Å². The Morgan fingerprint density at radius 1 is 1.24 bits per heavy atom. The summed E-state index contributed by atoms with van der Waals surface area (Å²) in [6.45, 7) is 3.44. The maximum Gasteiger partial charge on any atom is 0.264 e. The Labute approximate surface area is 132 Å². The Balaban J connectivity index is 2.42. The van der Waals surface area contributed by atoms with Crippen LogP contribution in [0, 0.1) is 13.8 Å². The lowest BCUT2D eigenvalue weighted by molar-refractivity contribution is 0.281. The Hall–Kier alpha value is -1.44. The van der Waals surface area contributed by atoms with Crippen molar-refractivity contribution < 1.29 is 13.5 Å². The molecule has 7 heteroatoms. The summed E-state index contributed by atoms with van der Waals surface area (Å²) in [5, 5.41) is 9.14. The van der Waals surface area contributed by atoms with E-state index in [1.807, 2.05) is 13.0 Å². The molecule has 2 N–H and O–H groups in total. The number of nitrogens with one attached hydrogen (secondary N) is 1. The van der Waals surface area contributed by atoms with Crippen molar-refractivity contribution in [1.82, 2.24) is 4.98 Å². The Morgan fingerprint density at radius 2 is 1.95 bits per heavy atom. The number of benzene rings is 1. The zero-order valence-electron chi connectivity index (χ0n) is 11.6. The quantitative estimate of drug-likeness (QED) is 0.866. The van der Waals surface area contributed by atoms with E-state index in [0.29, 0.717) is 10.0 Å². The molecule has 0 bridgehead atoms. The number of aliphatic hydroxyl groups excluding tert-OH is 1. The van der Waals surface area contributed by atoms with Crippen molar-refractivity contribution in [3.8, 4) is 0 Å². The average molecular weight is 371 g/mol. The van der Waals surface area contributed by atoms with Crippen LogP contribution in [0.25, 0.3) is 0 Å². The maximum atomic E-state index is 12.5. The maximum absolute atomic E-state index is 12.5. The molecule has 0 aliphatic carbocycles. The summed E-state index contributed by atoms with van der Waals surface area (Å²) in [4.78, 5) is 4.23. The number of aromatic nitrogens is 1. The summed E-state index contributed by atoms with van der Waals surface area (Å²) in [6, 6.07) is 8.19. The summed E-state index contributed by atoms with van der Waals surface area (Å²) in [5.41, 5.74) is 2.17. The Bertz CT molecular complexity index is 756. The van der Waals surface area contributed by atoms with Crippen LogP contribution in [0.4, 0.5) is 5.82 Å². The van der Waals surface area contributed by atoms with Crippen LogP contribution in [-0.2, 0) is 16.6 Å². The molecule has 2 rings (SSSR count). The van der Waals surface area contributed by atoms with E-state index in [1.54, 1.807) is 25.1 Å². The lowest BCUT2D eigenvalue weighted by Gasteiger charge is -2.11. The van der Waals surface area contributed by atoms with E-state index < -0.39 is 10.0 Å². The number of sulfonamides is 1. The van der Waals surface area contributed by atoms with Crippen LogP contribution < -0.4 is 4.72 Å². The molecular formula is C14H15BrN2O3S. The fourth-order valence-corrected chi connectivity index (χ4v) is 3.95. The summed E-state index contributed by atoms with van der Waals surface area (Å²) < 4.78 is 27.8. The van der Waals surface area contributed by atoms with Crippen molar-refractivity contribution in [3.63, 3.8) is 0 Å². The molecule has 0 radical (unpaired) electrons. The van der Waals surface area contributed by atoms with Crippen LogP contribution in [0.3, 0.4) is 0 Å². The molecule has 1 aromatic heterocycles. The number of hydrogen-bond acceptors (Lipinski definition) is 4. The van der Waals surface area contributed by atoms with Crippen LogP contribution in [0.5, 0.6) is 0 Å². The first kappa shape index (κ1) is 15.9. The first-order chi connectivity index (χ1) is 9.81. The van der Waals surface area contributed by atoms with Crippen molar-refractivity contribution in [3.05, 3.63) is 51.6 Å². The van der Waals surface area contributed by atoms with Gasteiger partial charge in [-0.25, -0.2) is 13.4 Å². The van der Waals surface area contributed by atoms with E-state index in [0.717, 1.165) is 11.3 Å². The van der Waals surface area contributed by atoms with Gasteiger partial charge in [-0.3, -0.25) is 4.72 Å². The van der Waals surface area contributed by atoms with Gasteiger partial charge in [0.2, 0.25) is 0 Å². The van der Waals surface area contributed by atoms with E-state index >= 15 is 0 Å². The van der Waals surface area contributed by atoms with Gasteiger partial charge < -0.3 is 5.11 Å². The molecule has 112 valence electrons. The fourth-order valence-electron chi connectivity index (χ4n) is 1.94. The van der Waals surface area contributed by atoms with Gasteiger partial charge in [0.05, 0.1) is 6.61 Å². The van der Waals surface area contributed by atoms with E-state index in [4.69, 9.17) is 5.11 Å². The molecule has 5 nitrogen and oxygen atoms in total. The largest absolute Gasteiger partial charge is 0.392 e. The van der Waals surface area contributed by atoms with E-state index in [9.17, 15) is 8.42 Å². The van der Waals surface area contributed by atoms with Crippen LogP contribution >= 0.6 is 15.9 Å². The minimum absolute atomic E-state index is 0.0648. The second-order valence-electron chi connectivity index (χ2n) is 4.70. The number of aliphatic hydroxyl groups is 1. The zero-order chi connectivity index (χ0) is 15.6. The number of anilines is 1. The second kappa shape index (κ2) is 6.13. The SMILES string of the molecule is Cc1cc(C)nc(NS(=O)(=O)c2cc(CO)ccc2Br)c1. The molecular weight excluding hydrogens is 356 g/mol. The van der Waals surface area contributed by atoms with Crippen molar-refractivity contribution in [2.24, 2.45) is 0 Å². The highest BCUT2D eigenvalue weighted by molar-refractivity contribution is 9.10. The van der Waals surface area contributed by atoms with Gasteiger partial charge in [0.1, 0.15) is 10.7 Å². The third kappa shape index (κ3) is 3.81. The molecule has 0 spiro atoms. The number of nitrogens with zero attached hydrogens (tertiary/aromatic N) is 1. The molecule has 2 aromatic rings. The number of pyridine rings is 1. The van der Waals surface area contributed by atoms with Crippen molar-refractivity contribution in [1.29, 1.82) is 0 Å². The van der Waals surface area contributed by atoms with Crippen LogP contribution in [0.1, 0.15) is 16.8 Å². The Kier molecular flexibility index (Phi) is 4.65. The monoisotopic (exact) mass is 370 g/mol. The van der Waals surface area contributed by atoms with Gasteiger partial charge in [0, 0.05) is 10.2 Å². The first-order valence-electron chi connectivity index (χ1n) is 6.19. The minimum Gasteiger partial charge on any atom is -0.392 e. The third-order valence-electron chi connectivity index (χ3n) is 2.80. The van der Waals surface area contributed by atoms with Gasteiger partial charge in [-0.15, -0.1) is 0 Å². The van der Waals surface area contributed by atoms with Gasteiger partial charge in [0.25, 0.3) is 10.0 Å². The number of hydrogen-bond donors (Lipinski definition) is 2. The normalized spacial score (nSPS) is 11.4. The van der Waals surface area contributed by atoms with Crippen molar-refractivity contribution >= 4 is 31.8 Å². The molecule has 1 heterocycles. The highest BCUT2D eigenvalue weighted by Gasteiger charge is 2.19. The number of rotatable bonds is 4. The standard InChI is InChI=1S/C14H15BrN2O3S/c1-9-5-10(2)16-14(6-9)17-21(19,20)13-7-11(8-18)3-4-12(13)15/h3-7,18H,8H2,1-2H3,(H,16,17). The summed E-state index contributed by atoms with van der Waals surface area (Å²) in [5.74, 6) is 0.272.